The lowest BCUT2D eigenvalue weighted by Crippen LogP contribution is -2.20. The van der Waals surface area contributed by atoms with Gasteiger partial charge >= 0.3 is 5.97 Å². The minimum absolute atomic E-state index is 0.432. The Morgan fingerprint density at radius 2 is 1.78 bits per heavy atom. The number of carboxylic acid groups (broad SMARTS) is 1. The summed E-state index contributed by atoms with van der Waals surface area (Å²) in [6.45, 7) is 0. The minimum Gasteiger partial charge on any atom is -0.491 e. The third-order valence-corrected chi connectivity index (χ3v) is 3.90. The summed E-state index contributed by atoms with van der Waals surface area (Å²) in [5.41, 5.74) is 2.01. The fraction of sp³-hybridized carbons (Fsp3) is 0.0588. The van der Waals surface area contributed by atoms with Gasteiger partial charge in [0.05, 0.1) is 23.9 Å². The number of aromatic nitrogens is 1. The Bertz CT molecular complexity index is 1170. The number of ether oxygens (including phenoxy) is 1. The van der Waals surface area contributed by atoms with Gasteiger partial charge < -0.3 is 20.1 Å². The number of carbonyl (C=O) groups is 1. The molecule has 0 fully saturated rings. The van der Waals surface area contributed by atoms with Crippen LogP contribution in [0.5, 0.6) is 5.75 Å². The maximum atomic E-state index is 14.3. The summed E-state index contributed by atoms with van der Waals surface area (Å²) in [6, 6.07) is 1.73. The number of anilines is 1. The van der Waals surface area contributed by atoms with E-state index in [1.165, 1.54) is 0 Å². The van der Waals surface area contributed by atoms with E-state index >= 15 is 0 Å². The van der Waals surface area contributed by atoms with Gasteiger partial charge in [0.2, 0.25) is 11.2 Å². The smallest absolute Gasteiger partial charge is 0.341 e. The molecule has 0 bridgehead atoms. The van der Waals surface area contributed by atoms with Gasteiger partial charge in [0, 0.05) is 12.3 Å². The van der Waals surface area contributed by atoms with Crippen molar-refractivity contribution in [2.45, 2.75) is 0 Å². The summed E-state index contributed by atoms with van der Waals surface area (Å²) in [7, 11) is 0.979. The van der Waals surface area contributed by atoms with Crippen molar-refractivity contribution >= 4 is 22.6 Å². The van der Waals surface area contributed by atoms with Crippen molar-refractivity contribution in [3.05, 3.63) is 63.5 Å². The van der Waals surface area contributed by atoms with E-state index < -0.39 is 68.3 Å². The molecular formula is C17H10F4N2O4. The van der Waals surface area contributed by atoms with Crippen LogP contribution in [0.4, 0.5) is 23.2 Å². The number of hydrogen-bond donors (Lipinski definition) is 2. The number of fused-ring (bicyclic) bond motifs is 1. The molecule has 0 aliphatic rings. The first kappa shape index (κ1) is 18.2. The number of halogens is 4. The Hall–Kier alpha value is -3.56. The Morgan fingerprint density at radius 3 is 2.37 bits per heavy atom. The summed E-state index contributed by atoms with van der Waals surface area (Å²) in [4.78, 5) is 23.7. The van der Waals surface area contributed by atoms with Gasteiger partial charge in [-0.15, -0.1) is 0 Å². The normalized spacial score (nSPS) is 11.0. The van der Waals surface area contributed by atoms with Crippen LogP contribution in [-0.4, -0.2) is 22.8 Å². The maximum Gasteiger partial charge on any atom is 0.341 e. The molecule has 3 rings (SSSR count). The summed E-state index contributed by atoms with van der Waals surface area (Å²) in [6.07, 6.45) is 0.697. The van der Waals surface area contributed by atoms with Crippen LogP contribution < -0.4 is 15.9 Å². The van der Waals surface area contributed by atoms with Crippen LogP contribution in [0.25, 0.3) is 16.6 Å². The summed E-state index contributed by atoms with van der Waals surface area (Å²) in [5.74, 6) is -7.66. The second kappa shape index (κ2) is 6.31. The van der Waals surface area contributed by atoms with Gasteiger partial charge in [-0.25, -0.2) is 18.0 Å². The average Bonchev–Trinajstić information content (AvgIpc) is 2.60. The number of nitrogens with zero attached hydrogens (tertiary/aromatic N) is 1. The molecule has 3 aromatic rings. The van der Waals surface area contributed by atoms with Crippen LogP contribution in [0.3, 0.4) is 0 Å². The zero-order valence-electron chi connectivity index (χ0n) is 13.5. The van der Waals surface area contributed by atoms with Gasteiger partial charge in [-0.3, -0.25) is 4.79 Å². The molecule has 0 saturated heterocycles. The molecule has 0 atom stereocenters. The van der Waals surface area contributed by atoms with E-state index in [0.29, 0.717) is 18.3 Å². The van der Waals surface area contributed by atoms with E-state index in [2.05, 4.69) is 0 Å². The number of benzene rings is 2. The molecule has 0 aliphatic carbocycles. The SMILES string of the molecule is COc1c(F)c(F)cc2c(=O)c(C(=O)O)cn(-c3cc(N)c(F)cc3F)c12. The monoisotopic (exact) mass is 382 g/mol. The zero-order valence-corrected chi connectivity index (χ0v) is 13.5. The maximum absolute atomic E-state index is 14.3. The Kier molecular flexibility index (Phi) is 4.26. The van der Waals surface area contributed by atoms with E-state index in [1.807, 2.05) is 0 Å². The number of pyridine rings is 1. The van der Waals surface area contributed by atoms with E-state index in [4.69, 9.17) is 10.5 Å². The quantitative estimate of drug-likeness (QED) is 0.537. The van der Waals surface area contributed by atoms with Crippen molar-refractivity contribution in [1.29, 1.82) is 0 Å². The first-order valence-corrected chi connectivity index (χ1v) is 7.26. The van der Waals surface area contributed by atoms with Crippen LogP contribution in [0, 0.1) is 23.3 Å². The predicted octanol–water partition coefficient (Wildman–Crippen LogP) is 2.84. The number of carboxylic acids is 1. The standard InChI is InChI=1S/C17H10F4N2O4/c1-27-16-13(21)10(20)2-6-14(16)23(5-7(15(6)24)17(25)26)12-4-11(22)8(18)3-9(12)19/h2-5H,22H2,1H3,(H,25,26). The Morgan fingerprint density at radius 1 is 1.11 bits per heavy atom. The van der Waals surface area contributed by atoms with E-state index in [0.717, 1.165) is 17.7 Å². The number of methoxy groups -OCH3 is 1. The van der Waals surface area contributed by atoms with Crippen molar-refractivity contribution in [3.8, 4) is 11.4 Å². The molecule has 0 radical (unpaired) electrons. The molecule has 2 aromatic carbocycles. The fourth-order valence-electron chi connectivity index (χ4n) is 2.67. The van der Waals surface area contributed by atoms with Gasteiger partial charge in [0.15, 0.2) is 11.6 Å². The number of nitrogen functional groups attached to an aromatic ring is 1. The Labute approximate surface area is 148 Å². The lowest BCUT2D eigenvalue weighted by atomic mass is 10.1. The fourth-order valence-corrected chi connectivity index (χ4v) is 2.67. The topological polar surface area (TPSA) is 94.5 Å². The van der Waals surface area contributed by atoms with Crippen LogP contribution in [0.15, 0.2) is 29.2 Å². The van der Waals surface area contributed by atoms with Crippen LogP contribution in [-0.2, 0) is 0 Å². The van der Waals surface area contributed by atoms with Crippen LogP contribution >= 0.6 is 0 Å². The molecule has 27 heavy (non-hydrogen) atoms. The van der Waals surface area contributed by atoms with E-state index in [-0.39, 0.29) is 0 Å². The molecular weight excluding hydrogens is 372 g/mol. The lowest BCUT2D eigenvalue weighted by Gasteiger charge is -2.17. The first-order chi connectivity index (χ1) is 12.7. The molecule has 0 aliphatic heterocycles. The van der Waals surface area contributed by atoms with Crippen LogP contribution in [0.1, 0.15) is 10.4 Å². The van der Waals surface area contributed by atoms with Crippen molar-refractivity contribution in [2.75, 3.05) is 12.8 Å². The number of hydrogen-bond acceptors (Lipinski definition) is 4. The van der Waals surface area contributed by atoms with Gasteiger partial charge in [-0.1, -0.05) is 0 Å². The Balaban J connectivity index is 2.61. The third-order valence-electron chi connectivity index (χ3n) is 3.90. The number of rotatable bonds is 3. The largest absolute Gasteiger partial charge is 0.491 e. The van der Waals surface area contributed by atoms with Crippen molar-refractivity contribution in [3.63, 3.8) is 0 Å². The molecule has 10 heteroatoms. The third kappa shape index (κ3) is 2.75. The zero-order chi connectivity index (χ0) is 20.0. The van der Waals surface area contributed by atoms with Gasteiger partial charge in [0.25, 0.3) is 0 Å². The molecule has 6 nitrogen and oxygen atoms in total. The molecule has 3 N–H and O–H groups in total. The molecule has 140 valence electrons. The van der Waals surface area contributed by atoms with E-state index in [1.54, 1.807) is 0 Å². The summed E-state index contributed by atoms with van der Waals surface area (Å²) >= 11 is 0. The van der Waals surface area contributed by atoms with Crippen molar-refractivity contribution in [1.82, 2.24) is 4.57 Å². The highest BCUT2D eigenvalue weighted by Gasteiger charge is 2.24. The minimum atomic E-state index is -1.69. The number of nitrogens with two attached hydrogens (primary N) is 1. The predicted molar refractivity (Wildman–Crippen MR) is 87.3 cm³/mol. The average molecular weight is 382 g/mol. The second-order valence-corrected chi connectivity index (χ2v) is 5.47. The molecule has 0 saturated carbocycles. The second-order valence-electron chi connectivity index (χ2n) is 5.47. The van der Waals surface area contributed by atoms with Crippen molar-refractivity contribution in [2.24, 2.45) is 0 Å². The summed E-state index contributed by atoms with van der Waals surface area (Å²) < 4.78 is 61.4. The van der Waals surface area contributed by atoms with Gasteiger partial charge in [-0.05, 0) is 12.1 Å². The molecule has 0 spiro atoms. The van der Waals surface area contributed by atoms with Gasteiger partial charge in [-0.2, -0.15) is 4.39 Å². The highest BCUT2D eigenvalue weighted by atomic mass is 19.2. The summed E-state index contributed by atoms with van der Waals surface area (Å²) in [5, 5.41) is 8.65. The highest BCUT2D eigenvalue weighted by molar-refractivity contribution is 5.95. The van der Waals surface area contributed by atoms with Crippen LogP contribution in [0.2, 0.25) is 0 Å². The van der Waals surface area contributed by atoms with Crippen molar-refractivity contribution < 1.29 is 32.2 Å². The lowest BCUT2D eigenvalue weighted by molar-refractivity contribution is 0.0695. The van der Waals surface area contributed by atoms with E-state index in [9.17, 15) is 32.3 Å². The highest BCUT2D eigenvalue weighted by Crippen LogP contribution is 2.33. The first-order valence-electron chi connectivity index (χ1n) is 7.26. The molecule has 0 unspecified atom stereocenters. The van der Waals surface area contributed by atoms with Gasteiger partial charge in [0.1, 0.15) is 22.7 Å². The molecule has 0 amide bonds. The molecule has 1 heterocycles. The molecule has 1 aromatic heterocycles. The number of aromatic carboxylic acids is 1.